The van der Waals surface area contributed by atoms with Gasteiger partial charge in [-0.3, -0.25) is 4.79 Å². The molecule has 178 valence electrons. The standard InChI is InChI=1S/C28H31FN2O3/c1-34-27-10-3-2-6-21(27)15-17-31-16-5-8-24-22(7-4-9-26(24)31)19-30-23-13-11-20(25(29)18-23)12-14-28(32)33/h2-4,6-7,9-11,13,18,30H,5,8,12,14-17,19H2,1H3,(H,32,33). The summed E-state index contributed by atoms with van der Waals surface area (Å²) in [4.78, 5) is 13.2. The van der Waals surface area contributed by atoms with Gasteiger partial charge in [0.05, 0.1) is 7.11 Å². The topological polar surface area (TPSA) is 61.8 Å². The van der Waals surface area contributed by atoms with E-state index in [4.69, 9.17) is 9.84 Å². The maximum absolute atomic E-state index is 14.4. The van der Waals surface area contributed by atoms with E-state index in [0.29, 0.717) is 17.8 Å². The van der Waals surface area contributed by atoms with Gasteiger partial charge in [0.1, 0.15) is 11.6 Å². The molecule has 6 heteroatoms. The van der Waals surface area contributed by atoms with Crippen LogP contribution in [0.25, 0.3) is 0 Å². The lowest BCUT2D eigenvalue weighted by molar-refractivity contribution is -0.136. The number of methoxy groups -OCH3 is 1. The van der Waals surface area contributed by atoms with Gasteiger partial charge in [-0.2, -0.15) is 0 Å². The van der Waals surface area contributed by atoms with Gasteiger partial charge in [0.25, 0.3) is 0 Å². The fourth-order valence-electron chi connectivity index (χ4n) is 4.63. The average Bonchev–Trinajstić information content (AvgIpc) is 2.85. The Balaban J connectivity index is 1.43. The van der Waals surface area contributed by atoms with Crippen molar-refractivity contribution in [2.45, 2.75) is 38.6 Å². The van der Waals surface area contributed by atoms with Gasteiger partial charge in [0, 0.05) is 37.4 Å². The Hall–Kier alpha value is -3.54. The number of ether oxygens (including phenoxy) is 1. The fraction of sp³-hybridized carbons (Fsp3) is 0.321. The first-order chi connectivity index (χ1) is 16.5. The van der Waals surface area contributed by atoms with Crippen LogP contribution in [0, 0.1) is 5.82 Å². The molecule has 0 bridgehead atoms. The Morgan fingerprint density at radius 2 is 1.88 bits per heavy atom. The smallest absolute Gasteiger partial charge is 0.303 e. The molecular weight excluding hydrogens is 431 g/mol. The minimum absolute atomic E-state index is 0.0760. The molecule has 0 saturated carbocycles. The highest BCUT2D eigenvalue weighted by Gasteiger charge is 2.19. The van der Waals surface area contributed by atoms with Gasteiger partial charge in [-0.05, 0) is 72.2 Å². The number of carboxylic acids is 1. The lowest BCUT2D eigenvalue weighted by atomic mass is 9.95. The van der Waals surface area contributed by atoms with Crippen LogP contribution < -0.4 is 15.0 Å². The Morgan fingerprint density at radius 1 is 1.06 bits per heavy atom. The first-order valence-electron chi connectivity index (χ1n) is 11.8. The summed E-state index contributed by atoms with van der Waals surface area (Å²) in [6.07, 6.45) is 3.16. The van der Waals surface area contributed by atoms with E-state index in [-0.39, 0.29) is 18.7 Å². The van der Waals surface area contributed by atoms with Crippen molar-refractivity contribution in [3.05, 3.63) is 88.7 Å². The number of aliphatic carboxylic acids is 1. The number of para-hydroxylation sites is 1. The third kappa shape index (κ3) is 5.68. The number of halogens is 1. The van der Waals surface area contributed by atoms with Crippen LogP contribution in [0.2, 0.25) is 0 Å². The van der Waals surface area contributed by atoms with E-state index >= 15 is 0 Å². The number of hydrogen-bond donors (Lipinski definition) is 2. The van der Waals surface area contributed by atoms with Gasteiger partial charge < -0.3 is 20.1 Å². The molecular formula is C28H31FN2O3. The molecule has 0 aliphatic carbocycles. The zero-order valence-corrected chi connectivity index (χ0v) is 19.5. The lowest BCUT2D eigenvalue weighted by Gasteiger charge is -2.33. The number of nitrogens with zero attached hydrogens (tertiary/aromatic N) is 1. The highest BCUT2D eigenvalue weighted by molar-refractivity contribution is 5.67. The average molecular weight is 463 g/mol. The van der Waals surface area contributed by atoms with Crippen LogP contribution in [-0.2, 0) is 30.6 Å². The summed E-state index contributed by atoms with van der Waals surface area (Å²) < 4.78 is 19.9. The SMILES string of the molecule is COc1ccccc1CCN1CCCc2c(CNc3ccc(CCC(=O)O)c(F)c3)cccc21. The van der Waals surface area contributed by atoms with Crippen molar-refractivity contribution in [2.75, 3.05) is 30.4 Å². The molecule has 1 heterocycles. The van der Waals surface area contributed by atoms with Gasteiger partial charge >= 0.3 is 5.97 Å². The molecule has 1 aliphatic heterocycles. The molecule has 0 atom stereocenters. The number of nitrogens with one attached hydrogen (secondary N) is 1. The van der Waals surface area contributed by atoms with E-state index in [0.717, 1.165) is 38.1 Å². The summed E-state index contributed by atoms with van der Waals surface area (Å²) >= 11 is 0. The minimum Gasteiger partial charge on any atom is -0.496 e. The third-order valence-corrected chi connectivity index (χ3v) is 6.43. The molecule has 1 aliphatic rings. The highest BCUT2D eigenvalue weighted by atomic mass is 19.1. The van der Waals surface area contributed by atoms with Gasteiger partial charge in [-0.25, -0.2) is 4.39 Å². The quantitative estimate of drug-likeness (QED) is 0.419. The summed E-state index contributed by atoms with van der Waals surface area (Å²) in [5.41, 5.74) is 6.17. The Morgan fingerprint density at radius 3 is 2.68 bits per heavy atom. The molecule has 3 aromatic carbocycles. The van der Waals surface area contributed by atoms with Gasteiger partial charge in [0.2, 0.25) is 0 Å². The van der Waals surface area contributed by atoms with Crippen LogP contribution in [0.4, 0.5) is 15.8 Å². The van der Waals surface area contributed by atoms with E-state index < -0.39 is 5.97 Å². The Bertz CT molecular complexity index is 1150. The normalized spacial score (nSPS) is 12.8. The monoisotopic (exact) mass is 462 g/mol. The molecule has 4 rings (SSSR count). The minimum atomic E-state index is -0.924. The maximum Gasteiger partial charge on any atom is 0.303 e. The fourth-order valence-corrected chi connectivity index (χ4v) is 4.63. The molecule has 5 nitrogen and oxygen atoms in total. The molecule has 0 amide bonds. The summed E-state index contributed by atoms with van der Waals surface area (Å²) in [5.74, 6) is -0.366. The van der Waals surface area contributed by atoms with Gasteiger partial charge in [-0.15, -0.1) is 0 Å². The van der Waals surface area contributed by atoms with Crippen LogP contribution in [0.5, 0.6) is 5.75 Å². The van der Waals surface area contributed by atoms with E-state index in [1.807, 2.05) is 24.3 Å². The highest BCUT2D eigenvalue weighted by Crippen LogP contribution is 2.31. The number of fused-ring (bicyclic) bond motifs is 1. The Kier molecular flexibility index (Phi) is 7.68. The van der Waals surface area contributed by atoms with E-state index in [1.54, 1.807) is 13.2 Å². The van der Waals surface area contributed by atoms with Gasteiger partial charge in [-0.1, -0.05) is 36.4 Å². The van der Waals surface area contributed by atoms with Crippen LogP contribution >= 0.6 is 0 Å². The second kappa shape index (κ2) is 11.1. The molecule has 0 unspecified atom stereocenters. The summed E-state index contributed by atoms with van der Waals surface area (Å²) in [6, 6.07) is 19.5. The molecule has 0 radical (unpaired) electrons. The Labute approximate surface area is 200 Å². The van der Waals surface area contributed by atoms with Crippen LogP contribution in [0.1, 0.15) is 35.1 Å². The molecule has 0 fully saturated rings. The molecule has 34 heavy (non-hydrogen) atoms. The van der Waals surface area contributed by atoms with Crippen LogP contribution in [-0.4, -0.2) is 31.3 Å². The number of rotatable bonds is 10. The summed E-state index contributed by atoms with van der Waals surface area (Å²) in [6.45, 7) is 2.56. The first-order valence-corrected chi connectivity index (χ1v) is 11.8. The number of aryl methyl sites for hydroxylation is 1. The van der Waals surface area contributed by atoms with Crippen molar-refractivity contribution in [2.24, 2.45) is 0 Å². The van der Waals surface area contributed by atoms with Crippen molar-refractivity contribution in [3.8, 4) is 5.75 Å². The first kappa shape index (κ1) is 23.6. The zero-order chi connectivity index (χ0) is 23.9. The third-order valence-electron chi connectivity index (χ3n) is 6.43. The van der Waals surface area contributed by atoms with E-state index in [2.05, 4.69) is 34.5 Å². The predicted octanol–water partition coefficient (Wildman–Crippen LogP) is 5.46. The number of hydrogen-bond acceptors (Lipinski definition) is 4. The van der Waals surface area contributed by atoms with Crippen molar-refractivity contribution < 1.29 is 19.0 Å². The molecule has 0 spiro atoms. The molecule has 0 aromatic heterocycles. The zero-order valence-electron chi connectivity index (χ0n) is 19.5. The van der Waals surface area contributed by atoms with E-state index in [9.17, 15) is 9.18 Å². The van der Waals surface area contributed by atoms with Crippen molar-refractivity contribution in [3.63, 3.8) is 0 Å². The van der Waals surface area contributed by atoms with Crippen LogP contribution in [0.3, 0.4) is 0 Å². The number of benzene rings is 3. The number of carbonyl (C=O) groups is 1. The second-order valence-corrected chi connectivity index (χ2v) is 8.62. The number of carboxylic acid groups (broad SMARTS) is 1. The molecule has 2 N–H and O–H groups in total. The summed E-state index contributed by atoms with van der Waals surface area (Å²) in [7, 11) is 1.71. The van der Waals surface area contributed by atoms with Crippen LogP contribution in [0.15, 0.2) is 60.7 Å². The maximum atomic E-state index is 14.4. The summed E-state index contributed by atoms with van der Waals surface area (Å²) in [5, 5.41) is 12.2. The molecule has 0 saturated heterocycles. The molecule has 3 aromatic rings. The van der Waals surface area contributed by atoms with Crippen molar-refractivity contribution >= 4 is 17.3 Å². The van der Waals surface area contributed by atoms with Crippen molar-refractivity contribution in [1.29, 1.82) is 0 Å². The van der Waals surface area contributed by atoms with Crippen molar-refractivity contribution in [1.82, 2.24) is 0 Å². The predicted molar refractivity (Wildman–Crippen MR) is 133 cm³/mol. The number of anilines is 2. The van der Waals surface area contributed by atoms with Gasteiger partial charge in [0.15, 0.2) is 0 Å². The second-order valence-electron chi connectivity index (χ2n) is 8.62. The van der Waals surface area contributed by atoms with E-state index in [1.165, 1.54) is 28.4 Å². The lowest BCUT2D eigenvalue weighted by Crippen LogP contribution is -2.32. The largest absolute Gasteiger partial charge is 0.496 e.